The minimum atomic E-state index is -0.373. The van der Waals surface area contributed by atoms with E-state index in [1.807, 2.05) is 37.4 Å². The number of hydrogen-bond acceptors (Lipinski definition) is 6. The maximum atomic E-state index is 12.5. The van der Waals surface area contributed by atoms with Gasteiger partial charge < -0.3 is 10.1 Å². The Hall–Kier alpha value is -1.80. The van der Waals surface area contributed by atoms with Crippen LogP contribution in [0.2, 0.25) is 0 Å². The fraction of sp³-hybridized carbons (Fsp3) is 0.312. The summed E-state index contributed by atoms with van der Waals surface area (Å²) in [5.74, 6) is 0.278. The van der Waals surface area contributed by atoms with E-state index >= 15 is 0 Å². The summed E-state index contributed by atoms with van der Waals surface area (Å²) in [4.78, 5) is 17.0. The molecule has 1 atom stereocenters. The molecule has 1 aromatic carbocycles. The number of thioether (sulfide) groups is 1. The van der Waals surface area contributed by atoms with Crippen molar-refractivity contribution in [3.05, 3.63) is 45.6 Å². The Morgan fingerprint density at radius 3 is 2.75 bits per heavy atom. The smallest absolute Gasteiger partial charge is 0.338 e. The van der Waals surface area contributed by atoms with E-state index in [1.165, 1.54) is 11.8 Å². The molecule has 0 bridgehead atoms. The van der Waals surface area contributed by atoms with Crippen molar-refractivity contribution < 1.29 is 9.53 Å². The number of esters is 1. The number of halogens is 1. The fourth-order valence-electron chi connectivity index (χ4n) is 2.64. The Kier molecular flexibility index (Phi) is 4.96. The minimum Gasteiger partial charge on any atom is -0.463 e. The van der Waals surface area contributed by atoms with Crippen LogP contribution in [0.25, 0.3) is 0 Å². The Bertz CT molecular complexity index is 801. The molecule has 2 aromatic rings. The molecule has 0 radical (unpaired) electrons. The number of nitrogens with zero attached hydrogens (tertiary/aromatic N) is 3. The van der Waals surface area contributed by atoms with Crippen molar-refractivity contribution in [2.45, 2.75) is 25.0 Å². The van der Waals surface area contributed by atoms with E-state index in [2.05, 4.69) is 31.3 Å². The average Bonchev–Trinajstić information content (AvgIpc) is 2.97. The highest BCUT2D eigenvalue weighted by Gasteiger charge is 2.34. The first kappa shape index (κ1) is 17.0. The third-order valence-corrected chi connectivity index (χ3v) is 4.76. The van der Waals surface area contributed by atoms with Crippen LogP contribution < -0.4 is 5.32 Å². The van der Waals surface area contributed by atoms with Crippen molar-refractivity contribution in [3.63, 3.8) is 0 Å². The third kappa shape index (κ3) is 3.08. The van der Waals surface area contributed by atoms with Gasteiger partial charge in [0.05, 0.1) is 12.2 Å². The van der Waals surface area contributed by atoms with Crippen LogP contribution in [-0.4, -0.2) is 33.6 Å². The lowest BCUT2D eigenvalue weighted by Gasteiger charge is -2.28. The van der Waals surface area contributed by atoms with Crippen molar-refractivity contribution in [2.24, 2.45) is 0 Å². The number of fused-ring (bicyclic) bond motifs is 1. The lowest BCUT2D eigenvalue weighted by molar-refractivity contribution is -0.139. The lowest BCUT2D eigenvalue weighted by Crippen LogP contribution is -2.29. The Morgan fingerprint density at radius 2 is 2.12 bits per heavy atom. The first-order valence-corrected chi connectivity index (χ1v) is 9.47. The van der Waals surface area contributed by atoms with Crippen molar-refractivity contribution in [3.8, 4) is 0 Å². The fourth-order valence-corrected chi connectivity index (χ4v) is 3.26. The molecule has 0 saturated heterocycles. The topological polar surface area (TPSA) is 69.0 Å². The first-order valence-electron chi connectivity index (χ1n) is 7.46. The molecular weight excluding hydrogens is 392 g/mol. The highest BCUT2D eigenvalue weighted by Crippen LogP contribution is 2.36. The summed E-state index contributed by atoms with van der Waals surface area (Å²) in [6.07, 6.45) is 1.92. The average molecular weight is 409 g/mol. The number of benzene rings is 1. The summed E-state index contributed by atoms with van der Waals surface area (Å²) in [5.41, 5.74) is 2.22. The van der Waals surface area contributed by atoms with Crippen molar-refractivity contribution in [1.82, 2.24) is 14.8 Å². The van der Waals surface area contributed by atoms with Gasteiger partial charge in [0.2, 0.25) is 11.1 Å². The molecule has 2 heterocycles. The van der Waals surface area contributed by atoms with Crippen molar-refractivity contribution in [2.75, 3.05) is 18.2 Å². The molecule has 0 fully saturated rings. The second kappa shape index (κ2) is 6.98. The van der Waals surface area contributed by atoms with E-state index in [0.717, 1.165) is 15.7 Å². The van der Waals surface area contributed by atoms with Crippen LogP contribution in [0, 0.1) is 0 Å². The normalized spacial score (nSPS) is 16.6. The van der Waals surface area contributed by atoms with Gasteiger partial charge in [-0.1, -0.05) is 39.8 Å². The van der Waals surface area contributed by atoms with Crippen molar-refractivity contribution >= 4 is 39.6 Å². The van der Waals surface area contributed by atoms with Crippen LogP contribution in [0.3, 0.4) is 0 Å². The number of ether oxygens (including phenoxy) is 1. The molecular formula is C16H17BrN4O2S. The third-order valence-electron chi connectivity index (χ3n) is 3.70. The Morgan fingerprint density at radius 1 is 1.42 bits per heavy atom. The van der Waals surface area contributed by atoms with Crippen LogP contribution in [0.5, 0.6) is 0 Å². The van der Waals surface area contributed by atoms with E-state index in [9.17, 15) is 4.79 Å². The maximum absolute atomic E-state index is 12.5. The van der Waals surface area contributed by atoms with E-state index in [-0.39, 0.29) is 12.0 Å². The van der Waals surface area contributed by atoms with Gasteiger partial charge >= 0.3 is 5.97 Å². The molecule has 3 rings (SSSR count). The number of anilines is 1. The van der Waals surface area contributed by atoms with Gasteiger partial charge in [0.15, 0.2) is 0 Å². The lowest BCUT2D eigenvalue weighted by atomic mass is 9.96. The molecule has 6 nitrogen and oxygen atoms in total. The molecule has 0 amide bonds. The maximum Gasteiger partial charge on any atom is 0.338 e. The molecule has 0 spiro atoms. The van der Waals surface area contributed by atoms with Gasteiger partial charge in [-0.05, 0) is 37.8 Å². The van der Waals surface area contributed by atoms with Crippen LogP contribution in [0.1, 0.15) is 25.5 Å². The molecule has 1 aromatic heterocycles. The highest BCUT2D eigenvalue weighted by atomic mass is 79.9. The summed E-state index contributed by atoms with van der Waals surface area (Å²) < 4.78 is 7.98. The molecule has 1 N–H and O–H groups in total. The predicted octanol–water partition coefficient (Wildman–Crippen LogP) is 3.61. The molecule has 1 aliphatic rings. The van der Waals surface area contributed by atoms with E-state index in [4.69, 9.17) is 4.74 Å². The second-order valence-corrected chi connectivity index (χ2v) is 6.89. The monoisotopic (exact) mass is 408 g/mol. The number of nitrogens with one attached hydrogen (secondary N) is 1. The van der Waals surface area contributed by atoms with E-state index in [1.54, 1.807) is 11.6 Å². The standard InChI is InChI=1S/C16H17BrN4O2S/c1-4-23-14(22)12-9(2)18-15-19-16(24-3)20-21(15)13(12)10-5-7-11(17)8-6-10/h5-8,13H,4H2,1-3H3,(H,18,19,20). The van der Waals surface area contributed by atoms with Gasteiger partial charge in [-0.2, -0.15) is 4.98 Å². The number of rotatable bonds is 4. The van der Waals surface area contributed by atoms with Gasteiger partial charge in [-0.3, -0.25) is 0 Å². The molecule has 24 heavy (non-hydrogen) atoms. The van der Waals surface area contributed by atoms with Gasteiger partial charge in [-0.15, -0.1) is 5.10 Å². The number of aromatic nitrogens is 3. The number of carbonyl (C=O) groups excluding carboxylic acids is 1. The number of hydrogen-bond donors (Lipinski definition) is 1. The molecule has 8 heteroatoms. The van der Waals surface area contributed by atoms with Crippen LogP contribution in [0.15, 0.2) is 45.2 Å². The Balaban J connectivity index is 2.15. The molecule has 0 aliphatic carbocycles. The van der Waals surface area contributed by atoms with Gasteiger partial charge in [0.25, 0.3) is 0 Å². The van der Waals surface area contributed by atoms with E-state index < -0.39 is 0 Å². The summed E-state index contributed by atoms with van der Waals surface area (Å²) in [5, 5.41) is 8.34. The number of allylic oxidation sites excluding steroid dienone is 1. The van der Waals surface area contributed by atoms with Crippen molar-refractivity contribution in [1.29, 1.82) is 0 Å². The summed E-state index contributed by atoms with van der Waals surface area (Å²) >= 11 is 4.90. The zero-order valence-electron chi connectivity index (χ0n) is 13.5. The predicted molar refractivity (Wildman–Crippen MR) is 97.0 cm³/mol. The van der Waals surface area contributed by atoms with Crippen LogP contribution in [0.4, 0.5) is 5.95 Å². The molecule has 1 unspecified atom stereocenters. The molecule has 0 saturated carbocycles. The SMILES string of the molecule is CCOC(=O)C1=C(C)Nc2nc(SC)nn2C1c1ccc(Br)cc1. The zero-order valence-corrected chi connectivity index (χ0v) is 15.9. The molecule has 126 valence electrons. The first-order chi connectivity index (χ1) is 11.5. The highest BCUT2D eigenvalue weighted by molar-refractivity contribution is 9.10. The zero-order chi connectivity index (χ0) is 17.3. The van der Waals surface area contributed by atoms with Gasteiger partial charge in [0.1, 0.15) is 6.04 Å². The largest absolute Gasteiger partial charge is 0.463 e. The minimum absolute atomic E-state index is 0.322. The second-order valence-electron chi connectivity index (χ2n) is 5.20. The summed E-state index contributed by atoms with van der Waals surface area (Å²) in [6, 6.07) is 7.46. The Labute approximate surface area is 152 Å². The van der Waals surface area contributed by atoms with Gasteiger partial charge in [-0.25, -0.2) is 9.48 Å². The summed E-state index contributed by atoms with van der Waals surface area (Å²) in [6.45, 7) is 3.98. The van der Waals surface area contributed by atoms with Crippen LogP contribution >= 0.6 is 27.7 Å². The number of carbonyl (C=O) groups is 1. The molecule has 1 aliphatic heterocycles. The van der Waals surface area contributed by atoms with Gasteiger partial charge in [0, 0.05) is 10.2 Å². The quantitative estimate of drug-likeness (QED) is 0.615. The van der Waals surface area contributed by atoms with Crippen LogP contribution in [-0.2, 0) is 9.53 Å². The summed E-state index contributed by atoms with van der Waals surface area (Å²) in [7, 11) is 0. The van der Waals surface area contributed by atoms with E-state index in [0.29, 0.717) is 23.3 Å².